The molecule has 0 radical (unpaired) electrons. The molecule has 8 heteroatoms. The maximum Gasteiger partial charge on any atom is 0.267 e. The zero-order chi connectivity index (χ0) is 29.9. The van der Waals surface area contributed by atoms with Crippen LogP contribution in [0.25, 0.3) is 0 Å². The summed E-state index contributed by atoms with van der Waals surface area (Å²) in [5, 5.41) is 23.0. The number of carbonyl (C=O) groups is 1. The maximum absolute atomic E-state index is 12.4. The quantitative estimate of drug-likeness (QED) is 0.0495. The topological polar surface area (TPSA) is 124 Å². The van der Waals surface area contributed by atoms with Gasteiger partial charge in [0.25, 0.3) is 10.1 Å². The van der Waals surface area contributed by atoms with Crippen molar-refractivity contribution in [1.82, 2.24) is 5.32 Å². The van der Waals surface area contributed by atoms with Crippen molar-refractivity contribution in [2.24, 2.45) is 0 Å². The summed E-state index contributed by atoms with van der Waals surface area (Å²) in [6, 6.07) is -1.28. The molecule has 0 fully saturated rings. The van der Waals surface area contributed by atoms with Crippen LogP contribution in [0.4, 0.5) is 0 Å². The first kappa shape index (κ1) is 38.3. The smallest absolute Gasteiger partial charge is 0.267 e. The second-order valence-electron chi connectivity index (χ2n) is 10.5. The van der Waals surface area contributed by atoms with Gasteiger partial charge >= 0.3 is 0 Å². The Labute approximate surface area is 244 Å². The van der Waals surface area contributed by atoms with Gasteiger partial charge in [0.05, 0.1) is 17.9 Å². The molecule has 0 aliphatic rings. The van der Waals surface area contributed by atoms with Crippen LogP contribution in [0.1, 0.15) is 123 Å². The molecule has 3 unspecified atom stereocenters. The normalized spacial score (nSPS) is 15.0. The summed E-state index contributed by atoms with van der Waals surface area (Å²) in [7, 11) is -4.46. The molecule has 232 valence electrons. The summed E-state index contributed by atoms with van der Waals surface area (Å²) in [4.78, 5) is 12.4. The van der Waals surface area contributed by atoms with Crippen LogP contribution in [-0.4, -0.2) is 53.1 Å². The lowest BCUT2D eigenvalue weighted by molar-refractivity contribution is -0.130. The highest BCUT2D eigenvalue weighted by molar-refractivity contribution is 7.85. The fraction of sp³-hybridized carbons (Fsp3) is 0.719. The third kappa shape index (κ3) is 25.2. The Morgan fingerprint density at radius 2 is 1.20 bits per heavy atom. The maximum atomic E-state index is 12.4. The fourth-order valence-electron chi connectivity index (χ4n) is 4.16. The van der Waals surface area contributed by atoms with Gasteiger partial charge in [-0.2, -0.15) is 8.42 Å². The Hall–Kier alpha value is -1.74. The van der Waals surface area contributed by atoms with E-state index in [2.05, 4.69) is 43.5 Å². The van der Waals surface area contributed by atoms with Crippen molar-refractivity contribution in [3.05, 3.63) is 48.6 Å². The summed E-state index contributed by atoms with van der Waals surface area (Å²) in [5.74, 6) is -1.65. The van der Waals surface area contributed by atoms with E-state index in [0.29, 0.717) is 12.8 Å². The molecule has 0 spiro atoms. The molecule has 0 bridgehead atoms. The van der Waals surface area contributed by atoms with Gasteiger partial charge in [0.15, 0.2) is 0 Å². The first-order chi connectivity index (χ1) is 19.2. The second kappa shape index (κ2) is 26.2. The molecule has 0 heterocycles. The monoisotopic (exact) mass is 583 g/mol. The van der Waals surface area contributed by atoms with Gasteiger partial charge in [-0.1, -0.05) is 120 Å². The molecule has 0 rings (SSSR count). The molecule has 0 aromatic carbocycles. The number of aliphatic hydroxyl groups is 2. The lowest BCUT2D eigenvalue weighted by Crippen LogP contribution is -2.50. The minimum atomic E-state index is -4.46. The van der Waals surface area contributed by atoms with Crippen molar-refractivity contribution >= 4 is 16.0 Å². The fourth-order valence-corrected chi connectivity index (χ4v) is 4.89. The number of hydrogen-bond donors (Lipinski definition) is 4. The molecule has 7 nitrogen and oxygen atoms in total. The van der Waals surface area contributed by atoms with Crippen molar-refractivity contribution in [3.63, 3.8) is 0 Å². The van der Waals surface area contributed by atoms with Crippen molar-refractivity contribution in [2.75, 3.05) is 5.75 Å². The average molecular weight is 584 g/mol. The van der Waals surface area contributed by atoms with Gasteiger partial charge in [-0.3, -0.25) is 9.35 Å². The number of nitrogens with one attached hydrogen (secondary N) is 1. The van der Waals surface area contributed by atoms with Gasteiger partial charge < -0.3 is 15.5 Å². The van der Waals surface area contributed by atoms with E-state index in [1.54, 1.807) is 12.2 Å². The zero-order valence-electron chi connectivity index (χ0n) is 25.1. The second-order valence-corrected chi connectivity index (χ2v) is 12.0. The lowest BCUT2D eigenvalue weighted by Gasteiger charge is -2.22. The lowest BCUT2D eigenvalue weighted by atomic mass is 10.1. The Kier molecular flexibility index (Phi) is 25.0. The highest BCUT2D eigenvalue weighted by Crippen LogP contribution is 2.09. The third-order valence-corrected chi connectivity index (χ3v) is 7.38. The van der Waals surface area contributed by atoms with E-state index >= 15 is 0 Å². The molecule has 0 aromatic heterocycles. The van der Waals surface area contributed by atoms with E-state index in [9.17, 15) is 28.0 Å². The zero-order valence-corrected chi connectivity index (χ0v) is 25.9. The van der Waals surface area contributed by atoms with Gasteiger partial charge in [-0.05, 0) is 44.9 Å². The summed E-state index contributed by atoms with van der Waals surface area (Å²) >= 11 is 0. The number of rotatable bonds is 26. The van der Waals surface area contributed by atoms with Crippen LogP contribution in [0, 0.1) is 0 Å². The van der Waals surface area contributed by atoms with E-state index in [0.717, 1.165) is 19.3 Å². The summed E-state index contributed by atoms with van der Waals surface area (Å²) in [5.41, 5.74) is 0. The highest BCUT2D eigenvalue weighted by atomic mass is 32.2. The minimum Gasteiger partial charge on any atom is -0.387 e. The van der Waals surface area contributed by atoms with Gasteiger partial charge in [0.2, 0.25) is 5.91 Å². The van der Waals surface area contributed by atoms with Crippen LogP contribution >= 0.6 is 0 Å². The van der Waals surface area contributed by atoms with Gasteiger partial charge in [0.1, 0.15) is 6.10 Å². The van der Waals surface area contributed by atoms with E-state index in [1.165, 1.54) is 76.7 Å². The van der Waals surface area contributed by atoms with Crippen molar-refractivity contribution in [1.29, 1.82) is 0 Å². The van der Waals surface area contributed by atoms with Crippen LogP contribution in [0.2, 0.25) is 0 Å². The van der Waals surface area contributed by atoms with Crippen LogP contribution in [0.3, 0.4) is 0 Å². The van der Waals surface area contributed by atoms with Crippen LogP contribution in [-0.2, 0) is 14.9 Å². The predicted molar refractivity (Wildman–Crippen MR) is 167 cm³/mol. The van der Waals surface area contributed by atoms with E-state index in [-0.39, 0.29) is 6.42 Å². The number of aliphatic hydroxyl groups excluding tert-OH is 2. The van der Waals surface area contributed by atoms with Crippen LogP contribution in [0.5, 0.6) is 0 Å². The predicted octanol–water partition coefficient (Wildman–Crippen LogP) is 6.98. The molecule has 0 aliphatic heterocycles. The molecule has 40 heavy (non-hydrogen) atoms. The van der Waals surface area contributed by atoms with Gasteiger partial charge in [-0.15, -0.1) is 0 Å². The number of amides is 1. The van der Waals surface area contributed by atoms with Crippen molar-refractivity contribution in [3.8, 4) is 0 Å². The molecular weight excluding hydrogens is 526 g/mol. The summed E-state index contributed by atoms with van der Waals surface area (Å²) in [6.07, 6.45) is 30.5. The first-order valence-electron chi connectivity index (χ1n) is 15.4. The highest BCUT2D eigenvalue weighted by Gasteiger charge is 2.27. The van der Waals surface area contributed by atoms with Gasteiger partial charge in [0, 0.05) is 6.42 Å². The van der Waals surface area contributed by atoms with E-state index < -0.39 is 40.0 Å². The van der Waals surface area contributed by atoms with Crippen LogP contribution < -0.4 is 5.32 Å². The largest absolute Gasteiger partial charge is 0.387 e. The standard InChI is InChI=1S/C32H57NO6S/c1-3-5-7-9-11-13-15-17-19-21-23-25-27-31(35)32(36)33-29(28-40(37,38)39)30(34)26-24-22-20-18-16-14-12-10-8-6-4-2/h16-19,23-26,29-31,34-35H,3-15,20-22,27-28H2,1-2H3,(H,33,36)(H,37,38,39)/b18-16+,19-17-,25-23-,26-24+. The number of carbonyl (C=O) groups excluding carboxylic acids is 1. The number of unbranched alkanes of at least 4 members (excludes halogenated alkanes) is 12. The molecule has 3 atom stereocenters. The molecule has 0 saturated carbocycles. The Balaban J connectivity index is 4.43. The van der Waals surface area contributed by atoms with E-state index in [4.69, 9.17) is 0 Å². The summed E-state index contributed by atoms with van der Waals surface area (Å²) < 4.78 is 32.1. The number of allylic oxidation sites excluding steroid dienone is 6. The molecule has 1 amide bonds. The Bertz CT molecular complexity index is 834. The minimum absolute atomic E-state index is 0.0621. The van der Waals surface area contributed by atoms with E-state index in [1.807, 2.05) is 6.08 Å². The molecule has 0 aliphatic carbocycles. The Morgan fingerprint density at radius 3 is 1.80 bits per heavy atom. The SMILES string of the molecule is CCCCCCC/C=C/CC/C=C/C(O)C(CS(=O)(=O)O)NC(=O)C(O)C/C=C\C/C=C\CCCCCCCC. The molecular formula is C32H57NO6S. The molecule has 0 aromatic rings. The third-order valence-electron chi connectivity index (χ3n) is 6.60. The first-order valence-corrected chi connectivity index (χ1v) is 17.1. The molecule has 4 N–H and O–H groups in total. The van der Waals surface area contributed by atoms with Crippen molar-refractivity contribution < 1.29 is 28.0 Å². The van der Waals surface area contributed by atoms with Crippen LogP contribution in [0.15, 0.2) is 48.6 Å². The average Bonchev–Trinajstić information content (AvgIpc) is 2.90. The van der Waals surface area contributed by atoms with Crippen molar-refractivity contribution in [2.45, 2.75) is 141 Å². The number of hydrogen-bond acceptors (Lipinski definition) is 5. The Morgan fingerprint density at radius 1 is 0.700 bits per heavy atom. The molecule has 0 saturated heterocycles. The summed E-state index contributed by atoms with van der Waals surface area (Å²) in [6.45, 7) is 4.41. The van der Waals surface area contributed by atoms with Gasteiger partial charge in [-0.25, -0.2) is 0 Å².